The van der Waals surface area contributed by atoms with Crippen molar-refractivity contribution in [3.8, 4) is 0 Å². The van der Waals surface area contributed by atoms with Gasteiger partial charge in [-0.15, -0.1) is 0 Å². The highest BCUT2D eigenvalue weighted by atomic mass is 16.1. The third kappa shape index (κ3) is 3.24. The number of hydrogen-bond donors (Lipinski definition) is 0. The topological polar surface area (TPSA) is 34.1 Å². The number of hydrogen-bond acceptors (Lipinski definition) is 2. The number of ketones is 2. The summed E-state index contributed by atoms with van der Waals surface area (Å²) in [5.41, 5.74) is 0.00874. The Morgan fingerprint density at radius 3 is 2.50 bits per heavy atom. The van der Waals surface area contributed by atoms with E-state index in [0.717, 1.165) is 19.3 Å². The standard InChI is InChI=1S/C12H20O2/c1-12(2,3)8-11(14)9-6-4-5-7-10(9)13/h9H,4-8H2,1-3H3. The first kappa shape index (κ1) is 11.4. The van der Waals surface area contributed by atoms with Gasteiger partial charge < -0.3 is 0 Å². The van der Waals surface area contributed by atoms with Gasteiger partial charge in [-0.2, -0.15) is 0 Å². The Morgan fingerprint density at radius 2 is 2.00 bits per heavy atom. The molecule has 1 aliphatic carbocycles. The summed E-state index contributed by atoms with van der Waals surface area (Å²) in [5, 5.41) is 0. The third-order valence-corrected chi connectivity index (χ3v) is 2.65. The minimum Gasteiger partial charge on any atom is -0.299 e. The Balaban J connectivity index is 2.55. The zero-order valence-corrected chi connectivity index (χ0v) is 9.43. The van der Waals surface area contributed by atoms with Crippen molar-refractivity contribution >= 4 is 11.6 Å². The smallest absolute Gasteiger partial charge is 0.143 e. The first-order valence-corrected chi connectivity index (χ1v) is 5.45. The van der Waals surface area contributed by atoms with Crippen LogP contribution in [-0.2, 0) is 9.59 Å². The minimum absolute atomic E-state index is 0.00874. The molecule has 0 bridgehead atoms. The Morgan fingerprint density at radius 1 is 1.36 bits per heavy atom. The highest BCUT2D eigenvalue weighted by Gasteiger charge is 2.30. The fourth-order valence-corrected chi connectivity index (χ4v) is 1.97. The van der Waals surface area contributed by atoms with E-state index in [9.17, 15) is 9.59 Å². The Labute approximate surface area is 86.1 Å². The molecule has 0 aromatic heterocycles. The quantitative estimate of drug-likeness (QED) is 0.636. The highest BCUT2D eigenvalue weighted by molar-refractivity contribution is 6.02. The molecule has 0 radical (unpaired) electrons. The lowest BCUT2D eigenvalue weighted by Crippen LogP contribution is -2.29. The van der Waals surface area contributed by atoms with Crippen molar-refractivity contribution in [2.45, 2.75) is 52.9 Å². The van der Waals surface area contributed by atoms with Crippen LogP contribution < -0.4 is 0 Å². The van der Waals surface area contributed by atoms with E-state index in [-0.39, 0.29) is 22.9 Å². The van der Waals surface area contributed by atoms with Gasteiger partial charge in [0.25, 0.3) is 0 Å². The molecule has 0 spiro atoms. The van der Waals surface area contributed by atoms with Gasteiger partial charge in [0.15, 0.2) is 0 Å². The summed E-state index contributed by atoms with van der Waals surface area (Å²) < 4.78 is 0. The van der Waals surface area contributed by atoms with Crippen molar-refractivity contribution in [2.75, 3.05) is 0 Å². The second-order valence-corrected chi connectivity index (χ2v) is 5.47. The van der Waals surface area contributed by atoms with Crippen LogP contribution in [0, 0.1) is 11.3 Å². The average Bonchev–Trinajstić information content (AvgIpc) is 2.01. The van der Waals surface area contributed by atoms with Crippen molar-refractivity contribution in [1.82, 2.24) is 0 Å². The molecule has 1 unspecified atom stereocenters. The number of Topliss-reactive ketones (excluding diaryl/α,β-unsaturated/α-hetero) is 2. The first-order chi connectivity index (χ1) is 6.40. The van der Waals surface area contributed by atoms with E-state index in [1.807, 2.05) is 20.8 Å². The van der Waals surface area contributed by atoms with Crippen LogP contribution in [-0.4, -0.2) is 11.6 Å². The molecule has 0 aliphatic heterocycles. The second kappa shape index (κ2) is 4.24. The molecular weight excluding hydrogens is 176 g/mol. The summed E-state index contributed by atoms with van der Waals surface area (Å²) in [4.78, 5) is 23.3. The molecular formula is C12H20O2. The van der Waals surface area contributed by atoms with Crippen LogP contribution in [0.3, 0.4) is 0 Å². The van der Waals surface area contributed by atoms with Crippen LogP contribution in [0.15, 0.2) is 0 Å². The van der Waals surface area contributed by atoms with E-state index in [2.05, 4.69) is 0 Å². The summed E-state index contributed by atoms with van der Waals surface area (Å²) in [5.74, 6) is 0.0516. The Kier molecular flexibility index (Phi) is 3.46. The average molecular weight is 196 g/mol. The largest absolute Gasteiger partial charge is 0.299 e. The Hall–Kier alpha value is -0.660. The van der Waals surface area contributed by atoms with E-state index in [4.69, 9.17) is 0 Å². The lowest BCUT2D eigenvalue weighted by atomic mass is 9.79. The van der Waals surface area contributed by atoms with E-state index in [1.54, 1.807) is 0 Å². The summed E-state index contributed by atoms with van der Waals surface area (Å²) in [7, 11) is 0. The van der Waals surface area contributed by atoms with Crippen LogP contribution in [0.5, 0.6) is 0 Å². The van der Waals surface area contributed by atoms with Crippen molar-refractivity contribution in [3.63, 3.8) is 0 Å². The number of carbonyl (C=O) groups excluding carboxylic acids is 2. The normalized spacial score (nSPS) is 23.6. The molecule has 0 aromatic rings. The highest BCUT2D eigenvalue weighted by Crippen LogP contribution is 2.27. The second-order valence-electron chi connectivity index (χ2n) is 5.47. The predicted molar refractivity (Wildman–Crippen MR) is 56.0 cm³/mol. The summed E-state index contributed by atoms with van der Waals surface area (Å²) >= 11 is 0. The molecule has 2 heteroatoms. The zero-order valence-electron chi connectivity index (χ0n) is 9.43. The van der Waals surface area contributed by atoms with Crippen LogP contribution in [0.25, 0.3) is 0 Å². The van der Waals surface area contributed by atoms with Crippen LogP contribution in [0.1, 0.15) is 52.9 Å². The van der Waals surface area contributed by atoms with Crippen LogP contribution in [0.2, 0.25) is 0 Å². The van der Waals surface area contributed by atoms with Crippen LogP contribution in [0.4, 0.5) is 0 Å². The maximum Gasteiger partial charge on any atom is 0.143 e. The van der Waals surface area contributed by atoms with E-state index >= 15 is 0 Å². The van der Waals surface area contributed by atoms with Gasteiger partial charge in [0, 0.05) is 12.8 Å². The lowest BCUT2D eigenvalue weighted by Gasteiger charge is -2.23. The predicted octanol–water partition coefficient (Wildman–Crippen LogP) is 2.75. The van der Waals surface area contributed by atoms with Crippen molar-refractivity contribution in [2.24, 2.45) is 11.3 Å². The molecule has 0 heterocycles. The van der Waals surface area contributed by atoms with E-state index < -0.39 is 0 Å². The maximum atomic E-state index is 11.8. The molecule has 2 nitrogen and oxygen atoms in total. The summed E-state index contributed by atoms with van der Waals surface area (Å²) in [6, 6.07) is 0. The molecule has 0 saturated heterocycles. The number of rotatable bonds is 2. The van der Waals surface area contributed by atoms with Gasteiger partial charge in [0.05, 0.1) is 5.92 Å². The van der Waals surface area contributed by atoms with Gasteiger partial charge in [-0.05, 0) is 18.3 Å². The molecule has 80 valence electrons. The maximum absolute atomic E-state index is 11.8. The number of carbonyl (C=O) groups is 2. The molecule has 1 saturated carbocycles. The van der Waals surface area contributed by atoms with Crippen molar-refractivity contribution in [1.29, 1.82) is 0 Å². The van der Waals surface area contributed by atoms with Crippen molar-refractivity contribution < 1.29 is 9.59 Å². The fraction of sp³-hybridized carbons (Fsp3) is 0.833. The minimum atomic E-state index is -0.275. The molecule has 14 heavy (non-hydrogen) atoms. The first-order valence-electron chi connectivity index (χ1n) is 5.45. The lowest BCUT2D eigenvalue weighted by molar-refractivity contribution is -0.135. The fourth-order valence-electron chi connectivity index (χ4n) is 1.97. The van der Waals surface area contributed by atoms with Gasteiger partial charge in [0.1, 0.15) is 11.6 Å². The van der Waals surface area contributed by atoms with Gasteiger partial charge in [-0.3, -0.25) is 9.59 Å². The van der Waals surface area contributed by atoms with Gasteiger partial charge in [-0.25, -0.2) is 0 Å². The monoisotopic (exact) mass is 196 g/mol. The molecule has 0 amide bonds. The van der Waals surface area contributed by atoms with E-state index in [0.29, 0.717) is 12.8 Å². The Bertz CT molecular complexity index is 235. The summed E-state index contributed by atoms with van der Waals surface area (Å²) in [6.45, 7) is 6.12. The molecule has 1 fully saturated rings. The molecule has 1 atom stereocenters. The van der Waals surface area contributed by atoms with Gasteiger partial charge in [0.2, 0.25) is 0 Å². The molecule has 0 aromatic carbocycles. The van der Waals surface area contributed by atoms with Gasteiger partial charge in [-0.1, -0.05) is 27.2 Å². The summed E-state index contributed by atoms with van der Waals surface area (Å²) in [6.07, 6.45) is 3.93. The van der Waals surface area contributed by atoms with Gasteiger partial charge >= 0.3 is 0 Å². The van der Waals surface area contributed by atoms with E-state index in [1.165, 1.54) is 0 Å². The molecule has 1 rings (SSSR count). The molecule has 1 aliphatic rings. The third-order valence-electron chi connectivity index (χ3n) is 2.65. The van der Waals surface area contributed by atoms with Crippen molar-refractivity contribution in [3.05, 3.63) is 0 Å². The zero-order chi connectivity index (χ0) is 10.8. The molecule has 0 N–H and O–H groups in total. The SMILES string of the molecule is CC(C)(C)CC(=O)C1CCCCC1=O. The van der Waals surface area contributed by atoms with Crippen LogP contribution >= 0.6 is 0 Å².